The van der Waals surface area contributed by atoms with Crippen LogP contribution in [-0.2, 0) is 13.6 Å². The standard InChI is InChI=1S/C13H14IN3O/c1-16(8-10-7-15-17(2)9-10)13(18)11-4-3-5-12(14)6-11/h3-7,9H,8H2,1-2H3. The van der Waals surface area contributed by atoms with E-state index in [2.05, 4.69) is 27.7 Å². The van der Waals surface area contributed by atoms with Crippen LogP contribution in [0.1, 0.15) is 15.9 Å². The van der Waals surface area contributed by atoms with E-state index in [-0.39, 0.29) is 5.91 Å². The van der Waals surface area contributed by atoms with Crippen LogP contribution in [0.3, 0.4) is 0 Å². The third-order valence-electron chi connectivity index (χ3n) is 2.60. The molecule has 0 saturated heterocycles. The van der Waals surface area contributed by atoms with E-state index in [0.29, 0.717) is 12.1 Å². The van der Waals surface area contributed by atoms with Crippen LogP contribution in [0.15, 0.2) is 36.7 Å². The molecule has 5 heteroatoms. The number of carbonyl (C=O) groups is 1. The number of amides is 1. The van der Waals surface area contributed by atoms with Crippen LogP contribution in [0.5, 0.6) is 0 Å². The predicted molar refractivity (Wildman–Crippen MR) is 78.2 cm³/mol. The molecule has 0 aliphatic heterocycles. The molecule has 4 nitrogen and oxygen atoms in total. The first-order valence-corrected chi connectivity index (χ1v) is 6.62. The first-order valence-electron chi connectivity index (χ1n) is 5.55. The lowest BCUT2D eigenvalue weighted by Crippen LogP contribution is -2.26. The Balaban J connectivity index is 2.09. The van der Waals surface area contributed by atoms with Gasteiger partial charge in [0, 0.05) is 41.5 Å². The van der Waals surface area contributed by atoms with Crippen LogP contribution in [0.25, 0.3) is 0 Å². The molecule has 0 fully saturated rings. The van der Waals surface area contributed by atoms with Crippen molar-refractivity contribution in [3.05, 3.63) is 51.4 Å². The summed E-state index contributed by atoms with van der Waals surface area (Å²) in [7, 11) is 3.67. The van der Waals surface area contributed by atoms with E-state index in [9.17, 15) is 4.79 Å². The van der Waals surface area contributed by atoms with Gasteiger partial charge in [0.1, 0.15) is 0 Å². The summed E-state index contributed by atoms with van der Waals surface area (Å²) in [5.74, 6) is 0.0253. The fraction of sp³-hybridized carbons (Fsp3) is 0.231. The lowest BCUT2D eigenvalue weighted by molar-refractivity contribution is 0.0785. The van der Waals surface area contributed by atoms with Gasteiger partial charge in [-0.25, -0.2) is 0 Å². The highest BCUT2D eigenvalue weighted by atomic mass is 127. The average Bonchev–Trinajstić information content (AvgIpc) is 2.73. The molecular weight excluding hydrogens is 341 g/mol. The van der Waals surface area contributed by atoms with Crippen LogP contribution in [-0.4, -0.2) is 27.6 Å². The summed E-state index contributed by atoms with van der Waals surface area (Å²) in [6.45, 7) is 0.568. The molecule has 0 bridgehead atoms. The summed E-state index contributed by atoms with van der Waals surface area (Å²) in [6.07, 6.45) is 3.69. The number of carbonyl (C=O) groups excluding carboxylic acids is 1. The van der Waals surface area contributed by atoms with Crippen molar-refractivity contribution < 1.29 is 4.79 Å². The second-order valence-corrected chi connectivity index (χ2v) is 5.44. The minimum Gasteiger partial charge on any atom is -0.337 e. The average molecular weight is 355 g/mol. The zero-order valence-electron chi connectivity index (χ0n) is 10.3. The predicted octanol–water partition coefficient (Wildman–Crippen LogP) is 2.30. The minimum atomic E-state index is 0.0253. The second-order valence-electron chi connectivity index (χ2n) is 4.19. The van der Waals surface area contributed by atoms with Gasteiger partial charge in [0.25, 0.3) is 5.91 Å². The van der Waals surface area contributed by atoms with Gasteiger partial charge >= 0.3 is 0 Å². The van der Waals surface area contributed by atoms with Crippen LogP contribution in [0.2, 0.25) is 0 Å². The maximum Gasteiger partial charge on any atom is 0.253 e. The second kappa shape index (κ2) is 5.51. The molecule has 18 heavy (non-hydrogen) atoms. The third-order valence-corrected chi connectivity index (χ3v) is 3.27. The maximum absolute atomic E-state index is 12.2. The van der Waals surface area contributed by atoms with Gasteiger partial charge in [-0.2, -0.15) is 5.10 Å². The number of aromatic nitrogens is 2. The molecule has 0 N–H and O–H groups in total. The largest absolute Gasteiger partial charge is 0.337 e. The molecule has 2 rings (SSSR count). The van der Waals surface area contributed by atoms with E-state index >= 15 is 0 Å². The Kier molecular flexibility index (Phi) is 4.00. The van der Waals surface area contributed by atoms with E-state index < -0.39 is 0 Å². The van der Waals surface area contributed by atoms with E-state index in [1.54, 1.807) is 22.8 Å². The number of hydrogen-bond donors (Lipinski definition) is 0. The highest BCUT2D eigenvalue weighted by Gasteiger charge is 2.12. The molecule has 0 aliphatic carbocycles. The van der Waals surface area contributed by atoms with Gasteiger partial charge in [0.2, 0.25) is 0 Å². The zero-order valence-corrected chi connectivity index (χ0v) is 12.5. The SMILES string of the molecule is CN(Cc1cnn(C)c1)C(=O)c1cccc(I)c1. The Hall–Kier alpha value is -1.37. The van der Waals surface area contributed by atoms with Gasteiger partial charge in [-0.05, 0) is 40.8 Å². The highest BCUT2D eigenvalue weighted by Crippen LogP contribution is 2.11. The normalized spacial score (nSPS) is 10.4. The molecule has 94 valence electrons. The van der Waals surface area contributed by atoms with Crippen LogP contribution < -0.4 is 0 Å². The smallest absolute Gasteiger partial charge is 0.253 e. The Morgan fingerprint density at radius 1 is 1.50 bits per heavy atom. The molecule has 0 saturated carbocycles. The number of hydrogen-bond acceptors (Lipinski definition) is 2. The van der Waals surface area contributed by atoms with Crippen molar-refractivity contribution in [1.29, 1.82) is 0 Å². The summed E-state index contributed by atoms with van der Waals surface area (Å²) in [5.41, 5.74) is 1.74. The Bertz CT molecular complexity index is 565. The molecular formula is C13H14IN3O. The fourth-order valence-electron chi connectivity index (χ4n) is 1.74. The molecule has 0 radical (unpaired) electrons. The molecule has 1 amide bonds. The monoisotopic (exact) mass is 355 g/mol. The number of benzene rings is 1. The number of nitrogens with zero attached hydrogens (tertiary/aromatic N) is 3. The van der Waals surface area contributed by atoms with Crippen molar-refractivity contribution >= 4 is 28.5 Å². The van der Waals surface area contributed by atoms with Gasteiger partial charge in [-0.15, -0.1) is 0 Å². The highest BCUT2D eigenvalue weighted by molar-refractivity contribution is 14.1. The lowest BCUT2D eigenvalue weighted by Gasteiger charge is -2.16. The summed E-state index contributed by atoms with van der Waals surface area (Å²) in [5, 5.41) is 4.09. The van der Waals surface area contributed by atoms with Gasteiger partial charge < -0.3 is 4.90 Å². The molecule has 1 aromatic heterocycles. The molecule has 0 atom stereocenters. The number of aryl methyl sites for hydroxylation is 1. The molecule has 1 aromatic carbocycles. The van der Waals surface area contributed by atoms with E-state index in [0.717, 1.165) is 9.13 Å². The van der Waals surface area contributed by atoms with E-state index in [4.69, 9.17) is 0 Å². The van der Waals surface area contributed by atoms with Gasteiger partial charge in [-0.3, -0.25) is 9.48 Å². The van der Waals surface area contributed by atoms with Gasteiger partial charge in [0.15, 0.2) is 0 Å². The van der Waals surface area contributed by atoms with Crippen molar-refractivity contribution in [2.45, 2.75) is 6.54 Å². The van der Waals surface area contributed by atoms with Crippen molar-refractivity contribution in [2.75, 3.05) is 7.05 Å². The molecule has 0 spiro atoms. The van der Waals surface area contributed by atoms with Crippen molar-refractivity contribution in [2.24, 2.45) is 7.05 Å². The van der Waals surface area contributed by atoms with Crippen LogP contribution in [0, 0.1) is 3.57 Å². The summed E-state index contributed by atoms with van der Waals surface area (Å²) >= 11 is 2.21. The van der Waals surface area contributed by atoms with Crippen LogP contribution in [0.4, 0.5) is 0 Å². The Labute approximate surface area is 120 Å². The van der Waals surface area contributed by atoms with Crippen molar-refractivity contribution in [3.8, 4) is 0 Å². The maximum atomic E-state index is 12.2. The first kappa shape index (κ1) is 13.1. The lowest BCUT2D eigenvalue weighted by atomic mass is 10.2. The third kappa shape index (κ3) is 3.10. The minimum absolute atomic E-state index is 0.0253. The quantitative estimate of drug-likeness (QED) is 0.793. The van der Waals surface area contributed by atoms with E-state index in [1.807, 2.05) is 37.5 Å². The Morgan fingerprint density at radius 2 is 2.28 bits per heavy atom. The summed E-state index contributed by atoms with van der Waals surface area (Å²) in [4.78, 5) is 13.9. The zero-order chi connectivity index (χ0) is 13.1. The molecule has 1 heterocycles. The van der Waals surface area contributed by atoms with Gasteiger partial charge in [0.05, 0.1) is 6.20 Å². The summed E-state index contributed by atoms with van der Waals surface area (Å²) < 4.78 is 2.80. The fourth-order valence-corrected chi connectivity index (χ4v) is 2.28. The Morgan fingerprint density at radius 3 is 2.89 bits per heavy atom. The number of halogens is 1. The topological polar surface area (TPSA) is 38.1 Å². The molecule has 0 aliphatic rings. The van der Waals surface area contributed by atoms with Crippen molar-refractivity contribution in [1.82, 2.24) is 14.7 Å². The number of rotatable bonds is 3. The molecule has 0 unspecified atom stereocenters. The summed E-state index contributed by atoms with van der Waals surface area (Å²) in [6, 6.07) is 7.60. The van der Waals surface area contributed by atoms with Crippen LogP contribution >= 0.6 is 22.6 Å². The van der Waals surface area contributed by atoms with Crippen molar-refractivity contribution in [3.63, 3.8) is 0 Å². The first-order chi connectivity index (χ1) is 8.56. The molecule has 2 aromatic rings. The van der Waals surface area contributed by atoms with E-state index in [1.165, 1.54) is 0 Å². The van der Waals surface area contributed by atoms with Gasteiger partial charge in [-0.1, -0.05) is 6.07 Å².